The zero-order chi connectivity index (χ0) is 10.7. The van der Waals surface area contributed by atoms with Crippen LogP contribution >= 0.6 is 11.8 Å². The highest BCUT2D eigenvalue weighted by atomic mass is 32.2. The molecule has 0 aliphatic heterocycles. The lowest BCUT2D eigenvalue weighted by Crippen LogP contribution is -1.97. The Morgan fingerprint density at radius 1 is 1.07 bits per heavy atom. The fraction of sp³-hybridized carbons (Fsp3) is 0.0833. The van der Waals surface area contributed by atoms with Crippen molar-refractivity contribution >= 4 is 11.8 Å². The summed E-state index contributed by atoms with van der Waals surface area (Å²) in [4.78, 5) is 11.3. The zero-order valence-electron chi connectivity index (χ0n) is 8.27. The van der Waals surface area contributed by atoms with Gasteiger partial charge in [-0.15, -0.1) is 0 Å². The molecule has 2 rings (SSSR count). The molecule has 3 heteroatoms. The normalized spacial score (nSPS) is 10.2. The van der Waals surface area contributed by atoms with Crippen molar-refractivity contribution in [3.63, 3.8) is 0 Å². The van der Waals surface area contributed by atoms with Crippen LogP contribution in [-0.4, -0.2) is 6.26 Å². The summed E-state index contributed by atoms with van der Waals surface area (Å²) < 4.78 is 5.00. The van der Waals surface area contributed by atoms with Crippen LogP contribution in [0.3, 0.4) is 0 Å². The molecule has 0 radical (unpaired) electrons. The van der Waals surface area contributed by atoms with Crippen LogP contribution in [0.25, 0.3) is 11.1 Å². The molecule has 0 amide bonds. The summed E-state index contributed by atoms with van der Waals surface area (Å²) in [6.45, 7) is 0. The van der Waals surface area contributed by atoms with Crippen molar-refractivity contribution in [2.45, 2.75) is 5.09 Å². The Hall–Kier alpha value is -1.48. The lowest BCUT2D eigenvalue weighted by Gasteiger charge is -2.01. The minimum atomic E-state index is -0.305. The highest BCUT2D eigenvalue weighted by Gasteiger charge is 2.02. The van der Waals surface area contributed by atoms with Gasteiger partial charge in [-0.05, 0) is 23.4 Å². The van der Waals surface area contributed by atoms with E-state index in [-0.39, 0.29) is 5.63 Å². The van der Waals surface area contributed by atoms with E-state index in [1.807, 2.05) is 42.7 Å². The monoisotopic (exact) mass is 218 g/mol. The van der Waals surface area contributed by atoms with Crippen molar-refractivity contribution in [1.82, 2.24) is 0 Å². The maximum Gasteiger partial charge on any atom is 0.337 e. The Morgan fingerprint density at radius 3 is 2.47 bits per heavy atom. The van der Waals surface area contributed by atoms with Crippen LogP contribution in [0.2, 0.25) is 0 Å². The van der Waals surface area contributed by atoms with Crippen molar-refractivity contribution in [2.75, 3.05) is 6.26 Å². The molecule has 0 N–H and O–H groups in total. The maximum absolute atomic E-state index is 11.3. The Balaban J connectivity index is 2.54. The van der Waals surface area contributed by atoms with Gasteiger partial charge in [0.15, 0.2) is 5.09 Å². The van der Waals surface area contributed by atoms with Crippen LogP contribution in [0.1, 0.15) is 0 Å². The average molecular weight is 218 g/mol. The second-order valence-corrected chi connectivity index (χ2v) is 3.86. The van der Waals surface area contributed by atoms with E-state index >= 15 is 0 Å². The molecule has 2 aromatic rings. The number of hydrogen-bond donors (Lipinski definition) is 0. The predicted molar refractivity (Wildman–Crippen MR) is 62.2 cm³/mol. The molecule has 1 aromatic carbocycles. The smallest absolute Gasteiger partial charge is 0.337 e. The fourth-order valence-electron chi connectivity index (χ4n) is 1.35. The van der Waals surface area contributed by atoms with Crippen molar-refractivity contribution in [1.29, 1.82) is 0 Å². The molecule has 76 valence electrons. The molecule has 0 bridgehead atoms. The third-order valence-electron chi connectivity index (χ3n) is 2.06. The Kier molecular flexibility index (Phi) is 2.92. The molecule has 1 aromatic heterocycles. The molecule has 0 saturated carbocycles. The highest BCUT2D eigenvalue weighted by Crippen LogP contribution is 2.22. The topological polar surface area (TPSA) is 30.2 Å². The minimum absolute atomic E-state index is 0.305. The summed E-state index contributed by atoms with van der Waals surface area (Å²) in [5.41, 5.74) is 1.62. The van der Waals surface area contributed by atoms with Crippen LogP contribution in [0.5, 0.6) is 0 Å². The molecular weight excluding hydrogens is 208 g/mol. The highest BCUT2D eigenvalue weighted by molar-refractivity contribution is 7.98. The van der Waals surface area contributed by atoms with Crippen molar-refractivity contribution in [3.8, 4) is 11.1 Å². The van der Waals surface area contributed by atoms with Gasteiger partial charge >= 0.3 is 5.63 Å². The summed E-state index contributed by atoms with van der Waals surface area (Å²) in [6, 6.07) is 13.2. The SMILES string of the molecule is CSc1cc(-c2ccccc2)cc(=O)o1. The van der Waals surface area contributed by atoms with E-state index in [0.29, 0.717) is 5.09 Å². The number of hydrogen-bond acceptors (Lipinski definition) is 3. The second kappa shape index (κ2) is 4.36. The van der Waals surface area contributed by atoms with Crippen molar-refractivity contribution < 1.29 is 4.42 Å². The molecule has 15 heavy (non-hydrogen) atoms. The molecule has 0 aliphatic rings. The average Bonchev–Trinajstić information content (AvgIpc) is 2.29. The molecule has 2 nitrogen and oxygen atoms in total. The first-order chi connectivity index (χ1) is 7.29. The Labute approximate surface area is 91.9 Å². The Morgan fingerprint density at radius 2 is 1.80 bits per heavy atom. The third kappa shape index (κ3) is 2.30. The summed E-state index contributed by atoms with van der Waals surface area (Å²) in [6.07, 6.45) is 1.88. The van der Waals surface area contributed by atoms with Gasteiger partial charge in [0.1, 0.15) is 0 Å². The lowest BCUT2D eigenvalue weighted by molar-refractivity contribution is 0.423. The predicted octanol–water partition coefficient (Wildman–Crippen LogP) is 3.03. The van der Waals surface area contributed by atoms with Gasteiger partial charge in [0, 0.05) is 6.07 Å². The van der Waals surface area contributed by atoms with Gasteiger partial charge in [0.25, 0.3) is 0 Å². The van der Waals surface area contributed by atoms with Crippen molar-refractivity contribution in [2.24, 2.45) is 0 Å². The van der Waals surface area contributed by atoms with Crippen LogP contribution in [-0.2, 0) is 0 Å². The zero-order valence-corrected chi connectivity index (χ0v) is 9.08. The summed E-state index contributed by atoms with van der Waals surface area (Å²) in [5, 5.41) is 0.640. The first-order valence-electron chi connectivity index (χ1n) is 4.54. The summed E-state index contributed by atoms with van der Waals surface area (Å²) in [7, 11) is 0. The van der Waals surface area contributed by atoms with Gasteiger partial charge in [-0.25, -0.2) is 4.79 Å². The van der Waals surface area contributed by atoms with E-state index in [1.54, 1.807) is 0 Å². The standard InChI is InChI=1S/C12H10O2S/c1-15-12-8-10(7-11(13)14-12)9-5-3-2-4-6-9/h2-8H,1H3. The van der Waals surface area contributed by atoms with Gasteiger partial charge in [-0.1, -0.05) is 42.1 Å². The molecule has 1 heterocycles. The second-order valence-electron chi connectivity index (χ2n) is 3.05. The summed E-state index contributed by atoms with van der Waals surface area (Å²) in [5.74, 6) is 0. The van der Waals surface area contributed by atoms with Crippen LogP contribution < -0.4 is 5.63 Å². The van der Waals surface area contributed by atoms with E-state index in [1.165, 1.54) is 17.8 Å². The lowest BCUT2D eigenvalue weighted by atomic mass is 10.1. The van der Waals surface area contributed by atoms with E-state index in [9.17, 15) is 4.79 Å². The van der Waals surface area contributed by atoms with E-state index < -0.39 is 0 Å². The first kappa shape index (κ1) is 10.1. The van der Waals surface area contributed by atoms with Crippen LogP contribution in [0, 0.1) is 0 Å². The van der Waals surface area contributed by atoms with Crippen LogP contribution in [0.4, 0.5) is 0 Å². The number of rotatable bonds is 2. The number of benzene rings is 1. The minimum Gasteiger partial charge on any atom is -0.416 e. The van der Waals surface area contributed by atoms with Crippen LogP contribution in [0.15, 0.2) is 56.8 Å². The van der Waals surface area contributed by atoms with Gasteiger partial charge < -0.3 is 4.42 Å². The van der Waals surface area contributed by atoms with E-state index in [2.05, 4.69) is 0 Å². The molecule has 0 fully saturated rings. The first-order valence-corrected chi connectivity index (χ1v) is 5.76. The summed E-state index contributed by atoms with van der Waals surface area (Å²) >= 11 is 1.43. The molecule has 0 spiro atoms. The van der Waals surface area contributed by atoms with Crippen molar-refractivity contribution in [3.05, 3.63) is 52.9 Å². The molecule has 0 aliphatic carbocycles. The maximum atomic E-state index is 11.3. The van der Waals surface area contributed by atoms with Gasteiger partial charge in [0.2, 0.25) is 0 Å². The molecule has 0 saturated heterocycles. The Bertz CT molecular complexity index is 503. The van der Waals surface area contributed by atoms with Gasteiger partial charge in [-0.2, -0.15) is 0 Å². The third-order valence-corrected chi connectivity index (χ3v) is 2.66. The van der Waals surface area contributed by atoms with E-state index in [4.69, 9.17) is 4.42 Å². The fourth-order valence-corrected chi connectivity index (χ4v) is 1.76. The molecule has 0 atom stereocenters. The van der Waals surface area contributed by atoms with Gasteiger partial charge in [0.05, 0.1) is 0 Å². The van der Waals surface area contributed by atoms with E-state index in [0.717, 1.165) is 11.1 Å². The largest absolute Gasteiger partial charge is 0.416 e. The number of thioether (sulfide) groups is 1. The van der Waals surface area contributed by atoms with Gasteiger partial charge in [-0.3, -0.25) is 0 Å². The molecular formula is C12H10O2S. The quantitative estimate of drug-likeness (QED) is 0.726. The molecule has 0 unspecified atom stereocenters.